The fraction of sp³-hybridized carbons (Fsp3) is 0.923. The number of carbonyl (C=O) groups excluding carboxylic acids is 1. The summed E-state index contributed by atoms with van der Waals surface area (Å²) in [6.07, 6.45) is 3.08. The molecule has 1 heterocycles. The summed E-state index contributed by atoms with van der Waals surface area (Å²) in [5.41, 5.74) is 1.63. The van der Waals surface area contributed by atoms with Crippen LogP contribution in [0.15, 0.2) is 12.2 Å². The van der Waals surface area contributed by atoms with Crippen molar-refractivity contribution in [2.45, 2.75) is 143 Å². The van der Waals surface area contributed by atoms with Crippen LogP contribution in [-0.2, 0) is 18.9 Å². The lowest BCUT2D eigenvalue weighted by Crippen LogP contribution is -2.66. The number of hydrogen-bond acceptors (Lipinski definition) is 10. The molecule has 5 N–H and O–H groups in total. The minimum Gasteiger partial charge on any atom is -0.434 e. The second-order valence-electron chi connectivity index (χ2n) is 18.4. The average Bonchev–Trinajstić information content (AvgIpc) is 3.44. The summed E-state index contributed by atoms with van der Waals surface area (Å²) in [5, 5.41) is 50.6. The number of aliphatic hydroxyl groups excluding tert-OH is 5. The van der Waals surface area contributed by atoms with E-state index in [4.69, 9.17) is 18.9 Å². The van der Waals surface area contributed by atoms with Gasteiger partial charge in [-0.3, -0.25) is 0 Å². The van der Waals surface area contributed by atoms with Crippen molar-refractivity contribution in [3.05, 3.63) is 12.2 Å². The predicted octanol–water partition coefficient (Wildman–Crippen LogP) is 4.97. The quantitative estimate of drug-likeness (QED) is 0.134. The molecule has 6 aliphatic rings. The number of rotatable bonds is 8. The maximum Gasteiger partial charge on any atom is 0.508 e. The van der Waals surface area contributed by atoms with E-state index in [1.165, 1.54) is 31.3 Å². The van der Waals surface area contributed by atoms with Crippen molar-refractivity contribution in [2.75, 3.05) is 26.4 Å². The van der Waals surface area contributed by atoms with Crippen molar-refractivity contribution < 1.29 is 49.3 Å². The van der Waals surface area contributed by atoms with E-state index < -0.39 is 43.5 Å². The van der Waals surface area contributed by atoms with E-state index in [0.29, 0.717) is 36.2 Å². The van der Waals surface area contributed by atoms with Gasteiger partial charge >= 0.3 is 6.16 Å². The van der Waals surface area contributed by atoms with Gasteiger partial charge in [0.25, 0.3) is 0 Å². The first-order valence-electron chi connectivity index (χ1n) is 19.0. The number of ether oxygens (including phenoxy) is 4. The second-order valence-corrected chi connectivity index (χ2v) is 18.4. The van der Waals surface area contributed by atoms with E-state index in [1.807, 2.05) is 0 Å². The standard InChI is InChI=1S/C39H64O10/c1-22(2)23-10-15-39(21-48-34(45)47-19-18-46-33-32(44)31(43)30(42)25(20-40)49-33)17-16-37(6)24(29(23)39)8-9-27-36(5)13-12-28(41)35(3,4)26(36)11-14-38(27,37)7/h23-33,40-44H,1,8-21H2,2-7H3/t23-,24?,25+,26?,27?,28-,29?,30+,31-,32+,33+,36-,37+,38+,39?/m0/s1. The van der Waals surface area contributed by atoms with Gasteiger partial charge in [-0.25, -0.2) is 4.79 Å². The molecule has 6 rings (SSSR count). The Labute approximate surface area is 292 Å². The maximum atomic E-state index is 12.9. The SMILES string of the molecule is C=C(C)[C@@H]1CCC2(COC(=O)OCCO[C@@H]3O[C@H](CO)[C@@H](O)[C@H](O)[C@H]3O)CC[C@]3(C)C(CCC4[C@@]5(C)CC[C@H](O)C(C)(C)C5CC[C@]43C)C12. The molecule has 0 bridgehead atoms. The summed E-state index contributed by atoms with van der Waals surface area (Å²) in [6, 6.07) is 0. The molecule has 280 valence electrons. The molecule has 0 aromatic heterocycles. The molecule has 49 heavy (non-hydrogen) atoms. The normalized spacial score (nSPS) is 50.3. The molecule has 10 nitrogen and oxygen atoms in total. The average molecular weight is 693 g/mol. The molecule has 5 aliphatic carbocycles. The number of hydrogen-bond donors (Lipinski definition) is 5. The lowest BCUT2D eigenvalue weighted by Gasteiger charge is -2.73. The Morgan fingerprint density at radius 1 is 0.796 bits per heavy atom. The lowest BCUT2D eigenvalue weighted by molar-refractivity contribution is -0.302. The van der Waals surface area contributed by atoms with Crippen molar-refractivity contribution in [1.82, 2.24) is 0 Å². The van der Waals surface area contributed by atoms with E-state index in [1.54, 1.807) is 0 Å². The molecule has 0 spiro atoms. The molecular weight excluding hydrogens is 628 g/mol. The summed E-state index contributed by atoms with van der Waals surface area (Å²) < 4.78 is 22.1. The fourth-order valence-corrected chi connectivity index (χ4v) is 13.3. The molecule has 0 radical (unpaired) electrons. The maximum absolute atomic E-state index is 12.9. The Morgan fingerprint density at radius 2 is 1.53 bits per heavy atom. The van der Waals surface area contributed by atoms with Crippen LogP contribution in [0, 0.1) is 56.7 Å². The van der Waals surface area contributed by atoms with Gasteiger partial charge < -0.3 is 44.5 Å². The topological polar surface area (TPSA) is 155 Å². The molecule has 10 heteroatoms. The van der Waals surface area contributed by atoms with E-state index in [9.17, 15) is 30.3 Å². The highest BCUT2D eigenvalue weighted by Crippen LogP contribution is 2.77. The first kappa shape index (κ1) is 37.5. The zero-order valence-electron chi connectivity index (χ0n) is 30.7. The Balaban J connectivity index is 1.12. The van der Waals surface area contributed by atoms with Crippen LogP contribution in [0.3, 0.4) is 0 Å². The Morgan fingerprint density at radius 3 is 2.22 bits per heavy atom. The Hall–Kier alpha value is -1.27. The minimum atomic E-state index is -1.54. The zero-order chi connectivity index (χ0) is 35.7. The molecule has 5 saturated carbocycles. The molecular formula is C39H64O10. The highest BCUT2D eigenvalue weighted by molar-refractivity contribution is 5.59. The second kappa shape index (κ2) is 13.3. The van der Waals surface area contributed by atoms with E-state index in [0.717, 1.165) is 38.5 Å². The molecule has 0 aromatic carbocycles. The highest BCUT2D eigenvalue weighted by atomic mass is 16.7. The van der Waals surface area contributed by atoms with Crippen LogP contribution in [0.4, 0.5) is 4.79 Å². The van der Waals surface area contributed by atoms with Crippen LogP contribution in [0.2, 0.25) is 0 Å². The third-order valence-electron chi connectivity index (χ3n) is 16.1. The van der Waals surface area contributed by atoms with Gasteiger partial charge in [-0.05, 0) is 122 Å². The van der Waals surface area contributed by atoms with Crippen molar-refractivity contribution in [2.24, 2.45) is 56.7 Å². The van der Waals surface area contributed by atoms with Crippen LogP contribution in [0.5, 0.6) is 0 Å². The Kier molecular flexibility index (Phi) is 10.2. The van der Waals surface area contributed by atoms with Crippen LogP contribution in [0.1, 0.15) is 106 Å². The summed E-state index contributed by atoms with van der Waals surface area (Å²) in [4.78, 5) is 12.9. The highest BCUT2D eigenvalue weighted by Gasteiger charge is 2.71. The number of fused-ring (bicyclic) bond motifs is 7. The lowest BCUT2D eigenvalue weighted by atomic mass is 9.32. The van der Waals surface area contributed by atoms with Crippen LogP contribution < -0.4 is 0 Å². The Bertz CT molecular complexity index is 1240. The third kappa shape index (κ3) is 5.82. The van der Waals surface area contributed by atoms with E-state index in [-0.39, 0.29) is 46.4 Å². The van der Waals surface area contributed by atoms with Crippen molar-refractivity contribution >= 4 is 6.16 Å². The molecule has 6 fully saturated rings. The monoisotopic (exact) mass is 692 g/mol. The van der Waals surface area contributed by atoms with Gasteiger partial charge in [-0.1, -0.05) is 46.8 Å². The summed E-state index contributed by atoms with van der Waals surface area (Å²) in [6.45, 7) is 18.5. The van der Waals surface area contributed by atoms with Crippen molar-refractivity contribution in [1.29, 1.82) is 0 Å². The zero-order valence-corrected chi connectivity index (χ0v) is 30.7. The van der Waals surface area contributed by atoms with Gasteiger partial charge in [0, 0.05) is 5.41 Å². The minimum absolute atomic E-state index is 0.0671. The van der Waals surface area contributed by atoms with Gasteiger partial charge in [-0.15, -0.1) is 0 Å². The van der Waals surface area contributed by atoms with Crippen molar-refractivity contribution in [3.8, 4) is 0 Å². The molecule has 1 saturated heterocycles. The molecule has 15 atom stereocenters. The largest absolute Gasteiger partial charge is 0.508 e. The van der Waals surface area contributed by atoms with Crippen molar-refractivity contribution in [3.63, 3.8) is 0 Å². The fourth-order valence-electron chi connectivity index (χ4n) is 13.3. The van der Waals surface area contributed by atoms with E-state index in [2.05, 4.69) is 48.1 Å². The van der Waals surface area contributed by atoms with Gasteiger partial charge in [-0.2, -0.15) is 0 Å². The molecule has 0 amide bonds. The van der Waals surface area contributed by atoms with Gasteiger partial charge in [0.15, 0.2) is 6.29 Å². The predicted molar refractivity (Wildman–Crippen MR) is 182 cm³/mol. The van der Waals surface area contributed by atoms with Gasteiger partial charge in [0.05, 0.1) is 19.3 Å². The smallest absolute Gasteiger partial charge is 0.434 e. The first-order chi connectivity index (χ1) is 23.0. The number of aliphatic hydroxyl groups is 5. The van der Waals surface area contributed by atoms with Crippen LogP contribution in [0.25, 0.3) is 0 Å². The van der Waals surface area contributed by atoms with Crippen LogP contribution >= 0.6 is 0 Å². The molecule has 0 aromatic rings. The first-order valence-corrected chi connectivity index (χ1v) is 19.0. The molecule has 1 aliphatic heterocycles. The summed E-state index contributed by atoms with van der Waals surface area (Å²) >= 11 is 0. The third-order valence-corrected chi connectivity index (χ3v) is 16.1. The van der Waals surface area contributed by atoms with Crippen LogP contribution in [-0.4, -0.2) is 94.9 Å². The summed E-state index contributed by atoms with van der Waals surface area (Å²) in [5.74, 6) is 2.45. The van der Waals surface area contributed by atoms with Gasteiger partial charge in [0.1, 0.15) is 37.6 Å². The molecule has 5 unspecified atom stereocenters. The number of allylic oxidation sites excluding steroid dienone is 1. The number of carbonyl (C=O) groups is 1. The summed E-state index contributed by atoms with van der Waals surface area (Å²) in [7, 11) is 0. The van der Waals surface area contributed by atoms with E-state index >= 15 is 0 Å². The van der Waals surface area contributed by atoms with Gasteiger partial charge in [0.2, 0.25) is 0 Å².